The summed E-state index contributed by atoms with van der Waals surface area (Å²) >= 11 is 0. The quantitative estimate of drug-likeness (QED) is 0.0719. The van der Waals surface area contributed by atoms with Gasteiger partial charge in [-0.3, -0.25) is 4.79 Å². The Labute approximate surface area is 230 Å². The van der Waals surface area contributed by atoms with E-state index in [1.165, 1.54) is 57.8 Å². The number of ether oxygens (including phenoxy) is 3. The molecule has 0 aromatic heterocycles. The van der Waals surface area contributed by atoms with E-state index in [-0.39, 0.29) is 31.0 Å². The molecular weight excluding hydrogens is 451 g/mol. The summed E-state index contributed by atoms with van der Waals surface area (Å²) in [6, 6.07) is 0. The van der Waals surface area contributed by atoms with Gasteiger partial charge in [-0.1, -0.05) is 69.4 Å². The standard InChI is InChI=1S/C24H48N2O7.Na.H/c25-32-22-20-30-18-16-29-17-19-31-21-23-33-26-15-13-11-9-7-5-3-1-2-4-6-8-10-12-14-24(27)28;;/h15H,1-14,16-23,25H2,(H,27,28);;/q;+1;-1/b26-15-;;. The van der Waals surface area contributed by atoms with Gasteiger partial charge in [-0.25, -0.2) is 5.90 Å². The van der Waals surface area contributed by atoms with E-state index in [9.17, 15) is 4.79 Å². The van der Waals surface area contributed by atoms with Crippen LogP contribution in [-0.4, -0.2) is 70.1 Å². The van der Waals surface area contributed by atoms with Gasteiger partial charge in [-0.05, 0) is 19.3 Å². The van der Waals surface area contributed by atoms with Gasteiger partial charge in [0.1, 0.15) is 6.61 Å². The molecule has 0 aromatic rings. The zero-order valence-electron chi connectivity index (χ0n) is 22.6. The molecule has 0 heterocycles. The minimum atomic E-state index is -0.677. The van der Waals surface area contributed by atoms with E-state index in [0.717, 1.165) is 25.7 Å². The van der Waals surface area contributed by atoms with Crippen molar-refractivity contribution in [3.05, 3.63) is 0 Å². The minimum absolute atomic E-state index is 0. The van der Waals surface area contributed by atoms with Crippen LogP contribution < -0.4 is 35.5 Å². The second kappa shape index (κ2) is 32.7. The molecule has 0 aliphatic heterocycles. The monoisotopic (exact) mass is 500 g/mol. The largest absolute Gasteiger partial charge is 1.00 e. The molecule has 0 radical (unpaired) electrons. The van der Waals surface area contributed by atoms with Crippen molar-refractivity contribution in [2.24, 2.45) is 11.1 Å². The number of nitrogens with two attached hydrogens (primary N) is 1. The van der Waals surface area contributed by atoms with Crippen molar-refractivity contribution in [2.75, 3.05) is 52.9 Å². The molecule has 10 heteroatoms. The van der Waals surface area contributed by atoms with Crippen LogP contribution in [0.15, 0.2) is 5.16 Å². The van der Waals surface area contributed by atoms with Gasteiger partial charge in [0.25, 0.3) is 0 Å². The van der Waals surface area contributed by atoms with Gasteiger partial charge < -0.3 is 30.4 Å². The Bertz CT molecular complexity index is 439. The number of hydrogen-bond donors (Lipinski definition) is 2. The molecule has 0 aromatic carbocycles. The summed E-state index contributed by atoms with van der Waals surface area (Å²) in [4.78, 5) is 20.0. The molecule has 3 N–H and O–H groups in total. The molecule has 198 valence electrons. The third-order valence-electron chi connectivity index (χ3n) is 5.03. The van der Waals surface area contributed by atoms with Crippen LogP contribution in [0.25, 0.3) is 0 Å². The molecule has 0 fully saturated rings. The van der Waals surface area contributed by atoms with Crippen molar-refractivity contribution >= 4 is 12.2 Å². The minimum Gasteiger partial charge on any atom is -1.00 e. The predicted molar refractivity (Wildman–Crippen MR) is 130 cm³/mol. The van der Waals surface area contributed by atoms with Crippen LogP contribution in [0.3, 0.4) is 0 Å². The van der Waals surface area contributed by atoms with E-state index < -0.39 is 5.97 Å². The van der Waals surface area contributed by atoms with Crippen LogP contribution in [-0.2, 0) is 28.7 Å². The average Bonchev–Trinajstić information content (AvgIpc) is 2.80. The second-order valence-corrected chi connectivity index (χ2v) is 8.00. The Hall–Kier alpha value is -0.260. The van der Waals surface area contributed by atoms with Gasteiger partial charge in [0, 0.05) is 12.6 Å². The summed E-state index contributed by atoms with van der Waals surface area (Å²) < 4.78 is 16.0. The Balaban J connectivity index is -0.00000512. The molecule has 0 aliphatic carbocycles. The third-order valence-corrected chi connectivity index (χ3v) is 5.03. The number of carboxylic acid groups (broad SMARTS) is 1. The molecule has 34 heavy (non-hydrogen) atoms. The van der Waals surface area contributed by atoms with Gasteiger partial charge in [0.2, 0.25) is 0 Å². The summed E-state index contributed by atoms with van der Waals surface area (Å²) in [5.41, 5.74) is 0. The first-order valence-electron chi connectivity index (χ1n) is 12.7. The van der Waals surface area contributed by atoms with Gasteiger partial charge in [-0.2, -0.15) is 0 Å². The summed E-state index contributed by atoms with van der Waals surface area (Å²) in [6.45, 7) is 3.87. The Morgan fingerprint density at radius 2 is 1.09 bits per heavy atom. The fourth-order valence-corrected chi connectivity index (χ4v) is 3.18. The summed E-state index contributed by atoms with van der Waals surface area (Å²) in [7, 11) is 0. The number of oxime groups is 1. The van der Waals surface area contributed by atoms with Crippen molar-refractivity contribution in [2.45, 2.75) is 89.9 Å². The number of unbranched alkanes of at least 4 members (excludes halogenated alkanes) is 12. The molecule has 0 rings (SSSR count). The molecule has 0 bridgehead atoms. The zero-order chi connectivity index (χ0) is 24.1. The van der Waals surface area contributed by atoms with E-state index in [0.29, 0.717) is 59.3 Å². The van der Waals surface area contributed by atoms with Gasteiger partial charge >= 0.3 is 35.5 Å². The molecule has 0 amide bonds. The van der Waals surface area contributed by atoms with Gasteiger partial charge in [0.15, 0.2) is 0 Å². The molecule has 0 spiro atoms. The van der Waals surface area contributed by atoms with Crippen LogP contribution in [0.5, 0.6) is 0 Å². The smallest absolute Gasteiger partial charge is 1.00 e. The van der Waals surface area contributed by atoms with Crippen LogP contribution in [0, 0.1) is 0 Å². The van der Waals surface area contributed by atoms with E-state index in [2.05, 4.69) is 9.99 Å². The number of nitrogens with zero attached hydrogens (tertiary/aromatic N) is 1. The number of hydrogen-bond acceptors (Lipinski definition) is 8. The molecular formula is C24H49N2NaO7. The van der Waals surface area contributed by atoms with E-state index in [4.69, 9.17) is 30.1 Å². The van der Waals surface area contributed by atoms with Crippen LogP contribution >= 0.6 is 0 Å². The van der Waals surface area contributed by atoms with Crippen LogP contribution in [0.1, 0.15) is 91.3 Å². The maximum atomic E-state index is 10.4. The summed E-state index contributed by atoms with van der Waals surface area (Å²) in [6.07, 6.45) is 17.6. The molecule has 0 aliphatic rings. The van der Waals surface area contributed by atoms with Gasteiger partial charge in [0.05, 0.1) is 46.2 Å². The first-order chi connectivity index (χ1) is 16.3. The van der Waals surface area contributed by atoms with Crippen molar-refractivity contribution in [3.63, 3.8) is 0 Å². The SMILES string of the molecule is NOCCOCCOCCOCCO/N=C\CCCCCCCCCCCCCCC(=O)O.[H-].[Na+]. The van der Waals surface area contributed by atoms with E-state index >= 15 is 0 Å². The van der Waals surface area contributed by atoms with Crippen molar-refractivity contribution in [3.8, 4) is 0 Å². The van der Waals surface area contributed by atoms with E-state index in [1.807, 2.05) is 6.21 Å². The zero-order valence-corrected chi connectivity index (χ0v) is 23.6. The normalized spacial score (nSPS) is 11.1. The van der Waals surface area contributed by atoms with Crippen molar-refractivity contribution in [1.29, 1.82) is 0 Å². The fourth-order valence-electron chi connectivity index (χ4n) is 3.18. The first kappa shape index (κ1) is 35.9. The number of carboxylic acids is 1. The van der Waals surface area contributed by atoms with Crippen molar-refractivity contribution in [1.82, 2.24) is 0 Å². The Morgan fingerprint density at radius 3 is 1.56 bits per heavy atom. The number of rotatable bonds is 28. The maximum absolute atomic E-state index is 10.4. The van der Waals surface area contributed by atoms with Crippen molar-refractivity contribution < 1.29 is 64.8 Å². The fraction of sp³-hybridized carbons (Fsp3) is 0.917. The average molecular weight is 501 g/mol. The first-order valence-corrected chi connectivity index (χ1v) is 12.7. The molecule has 0 atom stereocenters. The molecule has 9 nitrogen and oxygen atoms in total. The van der Waals surface area contributed by atoms with Crippen LogP contribution in [0.4, 0.5) is 0 Å². The maximum Gasteiger partial charge on any atom is 1.00 e. The number of carbonyl (C=O) groups is 1. The number of aliphatic carboxylic acids is 1. The Morgan fingerprint density at radius 1 is 0.676 bits per heavy atom. The molecule has 0 saturated heterocycles. The van der Waals surface area contributed by atoms with Crippen LogP contribution in [0.2, 0.25) is 0 Å². The summed E-state index contributed by atoms with van der Waals surface area (Å²) in [5, 5.41) is 12.5. The third kappa shape index (κ3) is 33.9. The van der Waals surface area contributed by atoms with E-state index in [1.54, 1.807) is 0 Å². The molecule has 0 saturated carbocycles. The van der Waals surface area contributed by atoms with Gasteiger partial charge in [-0.15, -0.1) is 0 Å². The predicted octanol–water partition coefficient (Wildman–Crippen LogP) is 1.59. The Kier molecular flexibility index (Phi) is 34.6. The topological polar surface area (TPSA) is 122 Å². The molecule has 0 unspecified atom stereocenters. The second-order valence-electron chi connectivity index (χ2n) is 8.00. The summed E-state index contributed by atoms with van der Waals surface area (Å²) in [5.74, 6) is 4.20.